The average molecular weight is 372 g/mol. The van der Waals surface area contributed by atoms with Gasteiger partial charge in [0.1, 0.15) is 23.0 Å². The summed E-state index contributed by atoms with van der Waals surface area (Å²) in [5.74, 6) is 0.766. The quantitative estimate of drug-likeness (QED) is 0.596. The molecule has 6 heteroatoms. The van der Waals surface area contributed by atoms with Crippen molar-refractivity contribution < 1.29 is 23.5 Å². The summed E-state index contributed by atoms with van der Waals surface area (Å²) in [6.07, 6.45) is 3.91. The second-order valence-corrected chi connectivity index (χ2v) is 8.48. The number of carbonyl (C=O) groups excluding carboxylic acids is 2. The summed E-state index contributed by atoms with van der Waals surface area (Å²) in [6.45, 7) is 6.89. The van der Waals surface area contributed by atoms with Gasteiger partial charge in [-0.15, -0.1) is 0 Å². The Kier molecular flexibility index (Phi) is 4.24. The van der Waals surface area contributed by atoms with Crippen molar-refractivity contribution >= 4 is 11.9 Å². The van der Waals surface area contributed by atoms with Crippen LogP contribution in [0.4, 0.5) is 0 Å². The zero-order chi connectivity index (χ0) is 19.3. The molecule has 0 amide bonds. The molecule has 144 valence electrons. The van der Waals surface area contributed by atoms with Gasteiger partial charge in [0.05, 0.1) is 6.07 Å². The highest BCUT2D eigenvalue weighted by atomic mass is 16.6. The number of rotatable bonds is 4. The van der Waals surface area contributed by atoms with Crippen molar-refractivity contribution in [2.24, 2.45) is 23.2 Å². The van der Waals surface area contributed by atoms with Gasteiger partial charge in [-0.3, -0.25) is 4.79 Å². The van der Waals surface area contributed by atoms with Gasteiger partial charge >= 0.3 is 17.6 Å². The first-order valence-corrected chi connectivity index (χ1v) is 9.47. The fraction of sp³-hybridized carbons (Fsp3) is 0.571. The first-order chi connectivity index (χ1) is 12.8. The minimum Gasteiger partial charge on any atom is -0.458 e. The van der Waals surface area contributed by atoms with Crippen LogP contribution >= 0.6 is 0 Å². The van der Waals surface area contributed by atoms with Crippen molar-refractivity contribution in [3.8, 4) is 5.75 Å². The van der Waals surface area contributed by atoms with E-state index in [-0.39, 0.29) is 11.7 Å². The van der Waals surface area contributed by atoms with Crippen LogP contribution in [0.25, 0.3) is 0 Å². The van der Waals surface area contributed by atoms with Crippen LogP contribution in [0.5, 0.6) is 5.75 Å². The standard InChI is InChI=1S/C21H24O6/c1-11(2)19(23)27-18-15-6-13-5-14(7-15)10-21(18,9-13)20(24)26-16-4-12(3)25-17(22)8-16/h4,8,13-15,18H,1,5-7,9-10H2,2-3H3. The maximum atomic E-state index is 13.3. The summed E-state index contributed by atoms with van der Waals surface area (Å²) < 4.78 is 16.3. The molecule has 4 aliphatic rings. The van der Waals surface area contributed by atoms with E-state index in [1.165, 1.54) is 12.1 Å². The molecule has 4 saturated carbocycles. The van der Waals surface area contributed by atoms with Crippen LogP contribution in [-0.2, 0) is 14.3 Å². The van der Waals surface area contributed by atoms with Crippen molar-refractivity contribution in [1.82, 2.24) is 0 Å². The Hall–Kier alpha value is -2.37. The van der Waals surface area contributed by atoms with E-state index < -0.39 is 29.1 Å². The molecule has 1 aromatic heterocycles. The van der Waals surface area contributed by atoms with Crippen LogP contribution in [0.15, 0.2) is 33.5 Å². The molecule has 3 atom stereocenters. The Morgan fingerprint density at radius 2 is 1.85 bits per heavy atom. The molecule has 3 unspecified atom stereocenters. The van der Waals surface area contributed by atoms with Gasteiger partial charge in [-0.05, 0) is 63.7 Å². The first kappa shape index (κ1) is 18.0. The van der Waals surface area contributed by atoms with Gasteiger partial charge < -0.3 is 13.9 Å². The summed E-state index contributed by atoms with van der Waals surface area (Å²) in [4.78, 5) is 37.1. The third-order valence-electron chi connectivity index (χ3n) is 6.28. The molecule has 4 fully saturated rings. The fourth-order valence-electron chi connectivity index (χ4n) is 5.55. The molecule has 0 radical (unpaired) electrons. The Balaban J connectivity index is 1.65. The summed E-state index contributed by atoms with van der Waals surface area (Å²) in [5.41, 5.74) is -1.08. The van der Waals surface area contributed by atoms with Gasteiger partial charge in [0.15, 0.2) is 0 Å². The van der Waals surface area contributed by atoms with Crippen molar-refractivity contribution in [3.63, 3.8) is 0 Å². The highest BCUT2D eigenvalue weighted by Crippen LogP contribution is 2.61. The Morgan fingerprint density at radius 3 is 2.44 bits per heavy atom. The van der Waals surface area contributed by atoms with E-state index in [4.69, 9.17) is 13.9 Å². The molecule has 6 nitrogen and oxygen atoms in total. The van der Waals surface area contributed by atoms with Crippen LogP contribution in [0, 0.1) is 30.1 Å². The van der Waals surface area contributed by atoms with E-state index in [2.05, 4.69) is 6.58 Å². The second-order valence-electron chi connectivity index (χ2n) is 8.48. The fourth-order valence-corrected chi connectivity index (χ4v) is 5.55. The Bertz CT molecular complexity index is 852. The van der Waals surface area contributed by atoms with Crippen LogP contribution in [0.3, 0.4) is 0 Å². The number of aryl methyl sites for hydroxylation is 1. The molecule has 0 spiro atoms. The molecule has 1 aromatic rings. The molecule has 27 heavy (non-hydrogen) atoms. The lowest BCUT2D eigenvalue weighted by atomic mass is 9.48. The third kappa shape index (κ3) is 3.11. The number of carbonyl (C=O) groups is 2. The molecule has 0 aromatic carbocycles. The highest BCUT2D eigenvalue weighted by molar-refractivity contribution is 5.88. The van der Waals surface area contributed by atoms with E-state index in [1.54, 1.807) is 13.8 Å². The van der Waals surface area contributed by atoms with E-state index >= 15 is 0 Å². The minimum absolute atomic E-state index is 0.175. The Labute approximate surface area is 157 Å². The van der Waals surface area contributed by atoms with Gasteiger partial charge in [0.2, 0.25) is 0 Å². The number of hydrogen-bond donors (Lipinski definition) is 0. The average Bonchev–Trinajstić information content (AvgIpc) is 2.56. The lowest BCUT2D eigenvalue weighted by molar-refractivity contribution is -0.202. The Morgan fingerprint density at radius 1 is 1.19 bits per heavy atom. The van der Waals surface area contributed by atoms with Gasteiger partial charge in [-0.1, -0.05) is 6.58 Å². The second kappa shape index (κ2) is 6.36. The van der Waals surface area contributed by atoms with Gasteiger partial charge in [0.25, 0.3) is 0 Å². The summed E-state index contributed by atoms with van der Waals surface area (Å²) in [5, 5.41) is 0. The lowest BCUT2D eigenvalue weighted by Gasteiger charge is -2.58. The monoisotopic (exact) mass is 372 g/mol. The number of esters is 2. The van der Waals surface area contributed by atoms with E-state index in [0.717, 1.165) is 19.3 Å². The topological polar surface area (TPSA) is 82.8 Å². The minimum atomic E-state index is -0.843. The van der Waals surface area contributed by atoms with Crippen molar-refractivity contribution in [3.05, 3.63) is 40.5 Å². The van der Waals surface area contributed by atoms with Crippen LogP contribution in [-0.4, -0.2) is 18.0 Å². The third-order valence-corrected chi connectivity index (χ3v) is 6.28. The van der Waals surface area contributed by atoms with Crippen LogP contribution in [0.1, 0.15) is 44.8 Å². The van der Waals surface area contributed by atoms with Gasteiger partial charge in [-0.25, -0.2) is 9.59 Å². The molecule has 0 N–H and O–H groups in total. The molecule has 0 aliphatic heterocycles. The highest BCUT2D eigenvalue weighted by Gasteiger charge is 2.63. The van der Waals surface area contributed by atoms with Crippen molar-refractivity contribution in [2.45, 2.75) is 52.1 Å². The normalized spacial score (nSPS) is 33.6. The van der Waals surface area contributed by atoms with E-state index in [9.17, 15) is 14.4 Å². The predicted molar refractivity (Wildman–Crippen MR) is 96.0 cm³/mol. The molecule has 1 heterocycles. The molecular weight excluding hydrogens is 348 g/mol. The molecular formula is C21H24O6. The van der Waals surface area contributed by atoms with Crippen LogP contribution in [0.2, 0.25) is 0 Å². The zero-order valence-electron chi connectivity index (χ0n) is 15.7. The summed E-state index contributed by atoms with van der Waals surface area (Å²) >= 11 is 0. The smallest absolute Gasteiger partial charge is 0.339 e. The summed E-state index contributed by atoms with van der Waals surface area (Å²) in [7, 11) is 0. The summed E-state index contributed by atoms with van der Waals surface area (Å²) in [6, 6.07) is 2.69. The largest absolute Gasteiger partial charge is 0.458 e. The SMILES string of the molecule is C=C(C)C(=O)OC1C2CC3CC(C2)CC1(C(=O)Oc1cc(C)oc(=O)c1)C3. The molecule has 4 bridgehead atoms. The van der Waals surface area contributed by atoms with Crippen LogP contribution < -0.4 is 10.4 Å². The van der Waals surface area contributed by atoms with Crippen molar-refractivity contribution in [2.75, 3.05) is 0 Å². The number of ether oxygens (including phenoxy) is 2. The van der Waals surface area contributed by atoms with Crippen molar-refractivity contribution in [1.29, 1.82) is 0 Å². The van der Waals surface area contributed by atoms with E-state index in [0.29, 0.717) is 36.0 Å². The van der Waals surface area contributed by atoms with E-state index in [1.807, 2.05) is 0 Å². The maximum Gasteiger partial charge on any atom is 0.339 e. The lowest BCUT2D eigenvalue weighted by Crippen LogP contribution is -2.61. The van der Waals surface area contributed by atoms with Gasteiger partial charge in [-0.2, -0.15) is 0 Å². The molecule has 5 rings (SSSR count). The molecule has 0 saturated heterocycles. The predicted octanol–water partition coefficient (Wildman–Crippen LogP) is 3.17. The maximum absolute atomic E-state index is 13.3. The van der Waals surface area contributed by atoms with Gasteiger partial charge in [0, 0.05) is 11.6 Å². The first-order valence-electron chi connectivity index (χ1n) is 9.47. The zero-order valence-corrected chi connectivity index (χ0v) is 15.7. The number of hydrogen-bond acceptors (Lipinski definition) is 6. The molecule has 4 aliphatic carbocycles.